The van der Waals surface area contributed by atoms with Gasteiger partial charge in [-0.15, -0.1) is 0 Å². The van der Waals surface area contributed by atoms with Crippen LogP contribution in [0, 0.1) is 11.3 Å². The molecule has 4 N–H and O–H groups in total. The van der Waals surface area contributed by atoms with Crippen molar-refractivity contribution in [2.75, 3.05) is 19.6 Å². The molecule has 0 bridgehead atoms. The van der Waals surface area contributed by atoms with Crippen molar-refractivity contribution in [1.29, 1.82) is 0 Å². The number of rotatable bonds is 6. The van der Waals surface area contributed by atoms with Gasteiger partial charge in [-0.25, -0.2) is 0 Å². The SMILES string of the molecule is NCC1(C(=O)NCCNC(=O)C2CC2)CC1. The third kappa shape index (κ3) is 2.52. The van der Waals surface area contributed by atoms with Gasteiger partial charge in [0.05, 0.1) is 5.41 Å². The molecule has 16 heavy (non-hydrogen) atoms. The summed E-state index contributed by atoms with van der Waals surface area (Å²) < 4.78 is 0. The maximum Gasteiger partial charge on any atom is 0.227 e. The molecule has 90 valence electrons. The molecule has 2 aliphatic carbocycles. The van der Waals surface area contributed by atoms with Crippen molar-refractivity contribution < 1.29 is 9.59 Å². The van der Waals surface area contributed by atoms with Gasteiger partial charge in [-0.3, -0.25) is 9.59 Å². The van der Waals surface area contributed by atoms with Gasteiger partial charge in [-0.2, -0.15) is 0 Å². The number of hydrogen-bond donors (Lipinski definition) is 3. The van der Waals surface area contributed by atoms with Gasteiger partial charge >= 0.3 is 0 Å². The minimum atomic E-state index is -0.291. The Morgan fingerprint density at radius 3 is 2.31 bits per heavy atom. The van der Waals surface area contributed by atoms with Crippen molar-refractivity contribution in [2.45, 2.75) is 25.7 Å². The molecule has 2 aliphatic rings. The van der Waals surface area contributed by atoms with Gasteiger partial charge in [-0.1, -0.05) is 0 Å². The van der Waals surface area contributed by atoms with E-state index in [0.717, 1.165) is 25.7 Å². The molecule has 0 heterocycles. The molecule has 5 nitrogen and oxygen atoms in total. The number of amides is 2. The maximum atomic E-state index is 11.6. The van der Waals surface area contributed by atoms with Crippen molar-refractivity contribution >= 4 is 11.8 Å². The van der Waals surface area contributed by atoms with Crippen LogP contribution in [0.5, 0.6) is 0 Å². The Morgan fingerprint density at radius 2 is 1.81 bits per heavy atom. The standard InChI is InChI=1S/C11H19N3O2/c12-7-11(3-4-11)10(16)14-6-5-13-9(15)8-1-2-8/h8H,1-7,12H2,(H,13,15)(H,14,16). The molecule has 0 spiro atoms. The zero-order valence-corrected chi connectivity index (χ0v) is 9.42. The molecule has 2 amide bonds. The van der Waals surface area contributed by atoms with Crippen molar-refractivity contribution in [3.8, 4) is 0 Å². The number of nitrogens with two attached hydrogens (primary N) is 1. The average Bonchev–Trinajstić information content (AvgIpc) is 3.18. The molecule has 0 aromatic rings. The van der Waals surface area contributed by atoms with E-state index in [9.17, 15) is 9.59 Å². The Labute approximate surface area is 95.1 Å². The predicted molar refractivity (Wildman–Crippen MR) is 59.5 cm³/mol. The van der Waals surface area contributed by atoms with E-state index in [1.165, 1.54) is 0 Å². The predicted octanol–water partition coefficient (Wildman–Crippen LogP) is -0.632. The summed E-state index contributed by atoms with van der Waals surface area (Å²) in [6.45, 7) is 1.44. The van der Waals surface area contributed by atoms with Gasteiger partial charge in [-0.05, 0) is 25.7 Å². The van der Waals surface area contributed by atoms with Crippen LogP contribution in [0.2, 0.25) is 0 Å². The minimum Gasteiger partial charge on any atom is -0.354 e. The Morgan fingerprint density at radius 1 is 1.19 bits per heavy atom. The number of nitrogens with one attached hydrogen (secondary N) is 2. The fourth-order valence-corrected chi connectivity index (χ4v) is 1.71. The average molecular weight is 225 g/mol. The normalized spacial score (nSPS) is 21.3. The van der Waals surface area contributed by atoms with Crippen LogP contribution < -0.4 is 16.4 Å². The smallest absolute Gasteiger partial charge is 0.227 e. The fourth-order valence-electron chi connectivity index (χ4n) is 1.71. The van der Waals surface area contributed by atoms with Crippen LogP contribution in [-0.4, -0.2) is 31.4 Å². The summed E-state index contributed by atoms with van der Waals surface area (Å²) in [5, 5.41) is 5.62. The highest BCUT2D eigenvalue weighted by molar-refractivity contribution is 5.85. The third-order valence-electron chi connectivity index (χ3n) is 3.38. The summed E-state index contributed by atoms with van der Waals surface area (Å²) in [7, 11) is 0. The van der Waals surface area contributed by atoms with Gasteiger partial charge < -0.3 is 16.4 Å². The van der Waals surface area contributed by atoms with Crippen molar-refractivity contribution in [2.24, 2.45) is 17.1 Å². The van der Waals surface area contributed by atoms with E-state index in [1.54, 1.807) is 0 Å². The molecule has 0 aromatic heterocycles. The van der Waals surface area contributed by atoms with Crippen LogP contribution in [0.4, 0.5) is 0 Å². The second-order valence-corrected chi connectivity index (χ2v) is 4.81. The van der Waals surface area contributed by atoms with Crippen LogP contribution in [-0.2, 0) is 9.59 Å². The summed E-state index contributed by atoms with van der Waals surface area (Å²) in [6, 6.07) is 0. The summed E-state index contributed by atoms with van der Waals surface area (Å²) in [6.07, 6.45) is 3.80. The Hall–Kier alpha value is -1.10. The zero-order chi connectivity index (χ0) is 11.6. The highest BCUT2D eigenvalue weighted by Crippen LogP contribution is 2.44. The van der Waals surface area contributed by atoms with Crippen LogP contribution in [0.1, 0.15) is 25.7 Å². The summed E-state index contributed by atoms with van der Waals surface area (Å²) in [5.74, 6) is 0.388. The van der Waals surface area contributed by atoms with E-state index in [2.05, 4.69) is 10.6 Å². The first-order chi connectivity index (χ1) is 7.68. The lowest BCUT2D eigenvalue weighted by Gasteiger charge is -2.12. The lowest BCUT2D eigenvalue weighted by atomic mass is 10.1. The summed E-state index contributed by atoms with van der Waals surface area (Å²) in [5.41, 5.74) is 5.25. The van der Waals surface area contributed by atoms with Gasteiger partial charge in [0, 0.05) is 25.6 Å². The van der Waals surface area contributed by atoms with Crippen molar-refractivity contribution in [3.63, 3.8) is 0 Å². The monoisotopic (exact) mass is 225 g/mol. The molecule has 0 radical (unpaired) electrons. The van der Waals surface area contributed by atoms with E-state index >= 15 is 0 Å². The van der Waals surface area contributed by atoms with Crippen molar-refractivity contribution in [3.05, 3.63) is 0 Å². The zero-order valence-electron chi connectivity index (χ0n) is 9.42. The number of carbonyl (C=O) groups is 2. The molecule has 2 fully saturated rings. The quantitative estimate of drug-likeness (QED) is 0.526. The van der Waals surface area contributed by atoms with Gasteiger partial charge in [0.15, 0.2) is 0 Å². The molecule has 0 aliphatic heterocycles. The molecule has 0 saturated heterocycles. The lowest BCUT2D eigenvalue weighted by molar-refractivity contribution is -0.126. The first-order valence-electron chi connectivity index (χ1n) is 5.94. The van der Waals surface area contributed by atoms with Crippen LogP contribution in [0.3, 0.4) is 0 Å². The molecular weight excluding hydrogens is 206 g/mol. The molecule has 2 saturated carbocycles. The van der Waals surface area contributed by atoms with Gasteiger partial charge in [0.2, 0.25) is 11.8 Å². The Kier molecular flexibility index (Phi) is 3.14. The Balaban J connectivity index is 1.57. The first-order valence-corrected chi connectivity index (χ1v) is 5.94. The van der Waals surface area contributed by atoms with E-state index in [0.29, 0.717) is 19.6 Å². The highest BCUT2D eigenvalue weighted by Gasteiger charge is 2.48. The second-order valence-electron chi connectivity index (χ2n) is 4.81. The molecule has 0 atom stereocenters. The maximum absolute atomic E-state index is 11.6. The number of carbonyl (C=O) groups excluding carboxylic acids is 2. The van der Waals surface area contributed by atoms with Gasteiger partial charge in [0.25, 0.3) is 0 Å². The van der Waals surface area contributed by atoms with Crippen LogP contribution >= 0.6 is 0 Å². The molecule has 0 aromatic carbocycles. The topological polar surface area (TPSA) is 84.2 Å². The Bertz CT molecular complexity index is 296. The highest BCUT2D eigenvalue weighted by atomic mass is 16.2. The van der Waals surface area contributed by atoms with Crippen LogP contribution in [0.25, 0.3) is 0 Å². The van der Waals surface area contributed by atoms with Crippen LogP contribution in [0.15, 0.2) is 0 Å². The van der Waals surface area contributed by atoms with E-state index in [-0.39, 0.29) is 23.1 Å². The molecule has 2 rings (SSSR count). The largest absolute Gasteiger partial charge is 0.354 e. The van der Waals surface area contributed by atoms with Gasteiger partial charge in [0.1, 0.15) is 0 Å². The fraction of sp³-hybridized carbons (Fsp3) is 0.818. The number of hydrogen-bond acceptors (Lipinski definition) is 3. The second kappa shape index (κ2) is 4.41. The van der Waals surface area contributed by atoms with E-state index in [4.69, 9.17) is 5.73 Å². The lowest BCUT2D eigenvalue weighted by Crippen LogP contribution is -2.41. The molecule has 5 heteroatoms. The molecular formula is C11H19N3O2. The molecule has 0 unspecified atom stereocenters. The van der Waals surface area contributed by atoms with Crippen molar-refractivity contribution in [1.82, 2.24) is 10.6 Å². The summed E-state index contributed by atoms with van der Waals surface area (Å²) >= 11 is 0. The van der Waals surface area contributed by atoms with E-state index < -0.39 is 0 Å². The van der Waals surface area contributed by atoms with E-state index in [1.807, 2.05) is 0 Å². The summed E-state index contributed by atoms with van der Waals surface area (Å²) in [4.78, 5) is 22.9. The third-order valence-corrected chi connectivity index (χ3v) is 3.38. The first kappa shape index (κ1) is 11.4. The minimum absolute atomic E-state index is 0.0377.